The van der Waals surface area contributed by atoms with Crippen LogP contribution in [-0.2, 0) is 6.54 Å². The summed E-state index contributed by atoms with van der Waals surface area (Å²) in [6.45, 7) is 4.02. The highest BCUT2D eigenvalue weighted by Crippen LogP contribution is 2.31. The number of hydrogen-bond donors (Lipinski definition) is 1. The molecule has 1 N–H and O–H groups in total. The van der Waals surface area contributed by atoms with Crippen LogP contribution >= 0.6 is 0 Å². The van der Waals surface area contributed by atoms with Crippen LogP contribution in [0.1, 0.15) is 13.8 Å². The van der Waals surface area contributed by atoms with Gasteiger partial charge < -0.3 is 5.32 Å². The molecule has 1 aromatic carbocycles. The van der Waals surface area contributed by atoms with E-state index in [0.717, 1.165) is 0 Å². The van der Waals surface area contributed by atoms with Crippen LogP contribution in [0.25, 0.3) is 11.4 Å². The summed E-state index contributed by atoms with van der Waals surface area (Å²) < 4.78 is 68.3. The van der Waals surface area contributed by atoms with Crippen LogP contribution in [0.15, 0.2) is 0 Å². The summed E-state index contributed by atoms with van der Waals surface area (Å²) in [5, 5.41) is 9.95. The molecule has 0 radical (unpaired) electrons. The van der Waals surface area contributed by atoms with Crippen LogP contribution in [0, 0.1) is 29.1 Å². The lowest BCUT2D eigenvalue weighted by Crippen LogP contribution is -2.10. The number of nitrogens with zero attached hydrogens (tertiary/aromatic N) is 3. The predicted octanol–water partition coefficient (Wildman–Crippen LogP) is 3.09. The van der Waals surface area contributed by atoms with Gasteiger partial charge in [-0.3, -0.25) is 4.57 Å². The Balaban J connectivity index is 2.73. The van der Waals surface area contributed by atoms with Gasteiger partial charge in [-0.15, -0.1) is 10.2 Å². The molecule has 9 heteroatoms. The maximum absolute atomic E-state index is 13.8. The Kier molecular flexibility index (Phi) is 4.10. The summed E-state index contributed by atoms with van der Waals surface area (Å²) in [6, 6.07) is 0. The second-order valence-electron chi connectivity index (χ2n) is 4.07. The van der Waals surface area contributed by atoms with Crippen molar-refractivity contribution >= 4 is 5.95 Å². The zero-order chi connectivity index (χ0) is 15.7. The van der Waals surface area contributed by atoms with Gasteiger partial charge in [0, 0.05) is 13.1 Å². The van der Waals surface area contributed by atoms with Gasteiger partial charge >= 0.3 is 0 Å². The number of aromatic nitrogens is 3. The third kappa shape index (κ3) is 2.32. The van der Waals surface area contributed by atoms with Gasteiger partial charge in [0.15, 0.2) is 29.1 Å². The van der Waals surface area contributed by atoms with Gasteiger partial charge in [-0.1, -0.05) is 0 Å². The van der Waals surface area contributed by atoms with E-state index in [4.69, 9.17) is 0 Å². The van der Waals surface area contributed by atoms with Crippen molar-refractivity contribution in [2.24, 2.45) is 0 Å². The van der Waals surface area contributed by atoms with Crippen LogP contribution in [0.3, 0.4) is 0 Å². The standard InChI is InChI=1S/C12H11F5N4/c1-3-18-12-20-19-11(21(12)4-2)5-6(13)8(15)10(17)9(16)7(5)14/h3-4H2,1-2H3,(H,18,20). The molecule has 0 unspecified atom stereocenters. The van der Waals surface area contributed by atoms with Crippen molar-refractivity contribution in [2.45, 2.75) is 20.4 Å². The molecule has 4 nitrogen and oxygen atoms in total. The van der Waals surface area contributed by atoms with Crippen molar-refractivity contribution in [3.63, 3.8) is 0 Å². The molecule has 0 fully saturated rings. The molecular weight excluding hydrogens is 295 g/mol. The fourth-order valence-corrected chi connectivity index (χ4v) is 1.88. The normalized spacial score (nSPS) is 11.0. The van der Waals surface area contributed by atoms with Gasteiger partial charge in [-0.05, 0) is 13.8 Å². The summed E-state index contributed by atoms with van der Waals surface area (Å²) >= 11 is 0. The average Bonchev–Trinajstić information content (AvgIpc) is 2.86. The number of anilines is 1. The highest BCUT2D eigenvalue weighted by Gasteiger charge is 2.29. The molecule has 1 heterocycles. The van der Waals surface area contributed by atoms with Crippen LogP contribution in [0.2, 0.25) is 0 Å². The molecule has 0 aliphatic heterocycles. The van der Waals surface area contributed by atoms with Crippen LogP contribution < -0.4 is 5.32 Å². The van der Waals surface area contributed by atoms with E-state index in [1.165, 1.54) is 4.57 Å². The average molecular weight is 306 g/mol. The molecule has 0 saturated carbocycles. The smallest absolute Gasteiger partial charge is 0.224 e. The summed E-state index contributed by atoms with van der Waals surface area (Å²) in [5.41, 5.74) is -1.09. The predicted molar refractivity (Wildman–Crippen MR) is 65.1 cm³/mol. The fraction of sp³-hybridized carbons (Fsp3) is 0.333. The molecule has 1 aromatic heterocycles. The number of rotatable bonds is 4. The highest BCUT2D eigenvalue weighted by atomic mass is 19.2. The number of nitrogens with one attached hydrogen (secondary N) is 1. The van der Waals surface area contributed by atoms with Crippen molar-refractivity contribution in [2.75, 3.05) is 11.9 Å². The minimum atomic E-state index is -2.21. The number of benzene rings is 1. The maximum atomic E-state index is 13.8. The van der Waals surface area contributed by atoms with E-state index in [2.05, 4.69) is 15.5 Å². The molecular formula is C12H11F5N4. The van der Waals surface area contributed by atoms with Gasteiger partial charge in [-0.2, -0.15) is 0 Å². The second-order valence-corrected chi connectivity index (χ2v) is 4.07. The first kappa shape index (κ1) is 15.2. The van der Waals surface area contributed by atoms with E-state index in [1.54, 1.807) is 13.8 Å². The molecule has 0 atom stereocenters. The Hall–Kier alpha value is -2.19. The lowest BCUT2D eigenvalue weighted by atomic mass is 10.1. The van der Waals surface area contributed by atoms with Crippen LogP contribution in [0.4, 0.5) is 27.9 Å². The highest BCUT2D eigenvalue weighted by molar-refractivity contribution is 5.60. The summed E-state index contributed by atoms with van der Waals surface area (Å²) in [7, 11) is 0. The first-order valence-electron chi connectivity index (χ1n) is 6.12. The third-order valence-electron chi connectivity index (χ3n) is 2.84. The number of hydrogen-bond acceptors (Lipinski definition) is 3. The van der Waals surface area contributed by atoms with E-state index in [1.807, 2.05) is 0 Å². The molecule has 0 saturated heterocycles. The van der Waals surface area contributed by atoms with Crippen molar-refractivity contribution in [1.29, 1.82) is 0 Å². The van der Waals surface area contributed by atoms with E-state index in [0.29, 0.717) is 6.54 Å². The van der Waals surface area contributed by atoms with Crippen molar-refractivity contribution in [1.82, 2.24) is 14.8 Å². The Morgan fingerprint density at radius 1 is 0.857 bits per heavy atom. The minimum Gasteiger partial charge on any atom is -0.355 e. The van der Waals surface area contributed by atoms with E-state index in [9.17, 15) is 22.0 Å². The molecule has 2 rings (SSSR count). The Morgan fingerprint density at radius 3 is 1.86 bits per heavy atom. The molecule has 0 amide bonds. The van der Waals surface area contributed by atoms with Crippen LogP contribution in [0.5, 0.6) is 0 Å². The Bertz CT molecular complexity index is 654. The Morgan fingerprint density at radius 2 is 1.38 bits per heavy atom. The topological polar surface area (TPSA) is 42.7 Å². The Labute approximate surface area is 116 Å². The molecule has 0 aliphatic rings. The molecule has 2 aromatic rings. The fourth-order valence-electron chi connectivity index (χ4n) is 1.88. The quantitative estimate of drug-likeness (QED) is 0.536. The minimum absolute atomic E-state index is 0.180. The summed E-state index contributed by atoms with van der Waals surface area (Å²) in [4.78, 5) is 0. The summed E-state index contributed by atoms with van der Waals surface area (Å²) in [6.07, 6.45) is 0. The van der Waals surface area contributed by atoms with Crippen LogP contribution in [-0.4, -0.2) is 21.3 Å². The zero-order valence-corrected chi connectivity index (χ0v) is 11.1. The van der Waals surface area contributed by atoms with Gasteiger partial charge in [0.1, 0.15) is 0 Å². The molecule has 21 heavy (non-hydrogen) atoms. The molecule has 114 valence electrons. The third-order valence-corrected chi connectivity index (χ3v) is 2.84. The van der Waals surface area contributed by atoms with Gasteiger partial charge in [0.2, 0.25) is 11.8 Å². The van der Waals surface area contributed by atoms with Gasteiger partial charge in [-0.25, -0.2) is 22.0 Å². The molecule has 0 aliphatic carbocycles. The first-order valence-corrected chi connectivity index (χ1v) is 6.12. The van der Waals surface area contributed by atoms with E-state index < -0.39 is 40.5 Å². The van der Waals surface area contributed by atoms with Crippen molar-refractivity contribution in [3.8, 4) is 11.4 Å². The van der Waals surface area contributed by atoms with Gasteiger partial charge in [0.05, 0.1) is 5.56 Å². The maximum Gasteiger partial charge on any atom is 0.224 e. The molecule has 0 spiro atoms. The SMILES string of the molecule is CCNc1nnc(-c2c(F)c(F)c(F)c(F)c2F)n1CC. The number of halogens is 5. The summed E-state index contributed by atoms with van der Waals surface area (Å²) in [5.74, 6) is -10.4. The lowest BCUT2D eigenvalue weighted by molar-refractivity contribution is 0.380. The zero-order valence-electron chi connectivity index (χ0n) is 11.1. The largest absolute Gasteiger partial charge is 0.355 e. The van der Waals surface area contributed by atoms with Crippen molar-refractivity contribution in [3.05, 3.63) is 29.1 Å². The van der Waals surface area contributed by atoms with E-state index in [-0.39, 0.29) is 12.5 Å². The first-order chi connectivity index (χ1) is 9.93. The monoisotopic (exact) mass is 306 g/mol. The van der Waals surface area contributed by atoms with Crippen molar-refractivity contribution < 1.29 is 22.0 Å². The lowest BCUT2D eigenvalue weighted by Gasteiger charge is -2.10. The molecule has 0 bridgehead atoms. The second kappa shape index (κ2) is 5.66. The van der Waals surface area contributed by atoms with E-state index >= 15 is 0 Å². The van der Waals surface area contributed by atoms with Gasteiger partial charge in [0.25, 0.3) is 0 Å².